The number of nitrogens with zero attached hydrogens (tertiary/aromatic N) is 1. The van der Waals surface area contributed by atoms with Gasteiger partial charge in [-0.25, -0.2) is 4.79 Å². The van der Waals surface area contributed by atoms with Crippen molar-refractivity contribution in [1.82, 2.24) is 9.55 Å². The summed E-state index contributed by atoms with van der Waals surface area (Å²) in [5, 5.41) is 2.63. The third-order valence-electron chi connectivity index (χ3n) is 4.35. The van der Waals surface area contributed by atoms with Crippen molar-refractivity contribution in [2.75, 3.05) is 18.7 Å². The van der Waals surface area contributed by atoms with Crippen LogP contribution in [0.3, 0.4) is 0 Å². The Morgan fingerprint density at radius 2 is 2.12 bits per heavy atom. The highest BCUT2D eigenvalue weighted by molar-refractivity contribution is 6.03. The number of fused-ring (bicyclic) bond motifs is 1. The first-order chi connectivity index (χ1) is 12.6. The van der Waals surface area contributed by atoms with Crippen molar-refractivity contribution in [3.05, 3.63) is 50.8 Å². The number of aromatic nitrogens is 2. The first kappa shape index (κ1) is 16.4. The lowest BCUT2D eigenvalue weighted by atomic mass is 10.2. The molecule has 1 aromatic carbocycles. The molecule has 0 spiro atoms. The zero-order valence-corrected chi connectivity index (χ0v) is 13.8. The number of hydrogen-bond acceptors (Lipinski definition) is 6. The molecule has 3 heterocycles. The molecule has 136 valence electrons. The highest BCUT2D eigenvalue weighted by Gasteiger charge is 2.21. The molecule has 4 rings (SSSR count). The normalized spacial score (nSPS) is 18.1. The number of rotatable bonds is 4. The van der Waals surface area contributed by atoms with Crippen molar-refractivity contribution in [3.63, 3.8) is 0 Å². The Morgan fingerprint density at radius 3 is 2.92 bits per heavy atom. The summed E-state index contributed by atoms with van der Waals surface area (Å²) in [4.78, 5) is 39.5. The highest BCUT2D eigenvalue weighted by atomic mass is 16.7. The molecule has 0 radical (unpaired) electrons. The van der Waals surface area contributed by atoms with Crippen LogP contribution in [0.5, 0.6) is 11.5 Å². The van der Waals surface area contributed by atoms with Crippen molar-refractivity contribution in [1.29, 1.82) is 0 Å². The van der Waals surface area contributed by atoms with Gasteiger partial charge in [0, 0.05) is 24.6 Å². The standard InChI is InChI=1S/C17H17N3O6/c21-15(19-10-3-4-13-14(6-10)26-9-25-13)12-7-18-17(23)20(16(12)22)8-11-2-1-5-24-11/h3-4,6-7,11H,1-2,5,8-9H2,(H,18,23)(H,19,21). The second-order valence-corrected chi connectivity index (χ2v) is 6.08. The largest absolute Gasteiger partial charge is 0.454 e. The molecule has 2 N–H and O–H groups in total. The zero-order chi connectivity index (χ0) is 18.1. The summed E-state index contributed by atoms with van der Waals surface area (Å²) in [6.07, 6.45) is 2.60. The van der Waals surface area contributed by atoms with E-state index < -0.39 is 17.2 Å². The Kier molecular flexibility index (Phi) is 4.21. The van der Waals surface area contributed by atoms with E-state index >= 15 is 0 Å². The average molecular weight is 359 g/mol. The zero-order valence-electron chi connectivity index (χ0n) is 13.8. The minimum Gasteiger partial charge on any atom is -0.454 e. The maximum absolute atomic E-state index is 12.6. The van der Waals surface area contributed by atoms with Crippen molar-refractivity contribution >= 4 is 11.6 Å². The summed E-state index contributed by atoms with van der Waals surface area (Å²) >= 11 is 0. The first-order valence-corrected chi connectivity index (χ1v) is 8.27. The van der Waals surface area contributed by atoms with Crippen LogP contribution in [0, 0.1) is 0 Å². The molecule has 9 heteroatoms. The molecule has 9 nitrogen and oxygen atoms in total. The number of anilines is 1. The van der Waals surface area contributed by atoms with E-state index in [-0.39, 0.29) is 25.0 Å². The fourth-order valence-corrected chi connectivity index (χ4v) is 3.00. The lowest BCUT2D eigenvalue weighted by Crippen LogP contribution is -2.41. The predicted molar refractivity (Wildman–Crippen MR) is 90.8 cm³/mol. The van der Waals surface area contributed by atoms with Gasteiger partial charge >= 0.3 is 5.69 Å². The van der Waals surface area contributed by atoms with Crippen LogP contribution in [0.25, 0.3) is 0 Å². The number of H-pyrrole nitrogens is 1. The average Bonchev–Trinajstić information content (AvgIpc) is 3.29. The molecule has 1 saturated heterocycles. The van der Waals surface area contributed by atoms with Crippen LogP contribution in [-0.4, -0.2) is 35.0 Å². The Balaban J connectivity index is 1.57. The Bertz CT molecular complexity index is 958. The van der Waals surface area contributed by atoms with Crippen LogP contribution in [0.15, 0.2) is 34.0 Å². The fraction of sp³-hybridized carbons (Fsp3) is 0.353. The van der Waals surface area contributed by atoms with Crippen molar-refractivity contribution < 1.29 is 19.0 Å². The van der Waals surface area contributed by atoms with Gasteiger partial charge in [-0.1, -0.05) is 0 Å². The molecular formula is C17H17N3O6. The molecule has 2 aromatic rings. The Labute approximate surface area is 147 Å². The number of hydrogen-bond donors (Lipinski definition) is 2. The van der Waals surface area contributed by atoms with Crippen LogP contribution in [-0.2, 0) is 11.3 Å². The Hall–Kier alpha value is -3.07. The summed E-state index contributed by atoms with van der Waals surface area (Å²) in [6, 6.07) is 4.92. The molecule has 1 unspecified atom stereocenters. The molecule has 0 saturated carbocycles. The molecular weight excluding hydrogens is 342 g/mol. The number of aromatic amines is 1. The molecule has 2 aliphatic rings. The van der Waals surface area contributed by atoms with Crippen molar-refractivity contribution in [2.24, 2.45) is 0 Å². The predicted octanol–water partition coefficient (Wildman–Crippen LogP) is 0.697. The molecule has 26 heavy (non-hydrogen) atoms. The van der Waals surface area contributed by atoms with E-state index in [1.165, 1.54) is 0 Å². The van der Waals surface area contributed by atoms with Gasteiger partial charge in [-0.2, -0.15) is 0 Å². The second kappa shape index (κ2) is 6.68. The van der Waals surface area contributed by atoms with Gasteiger partial charge in [0.25, 0.3) is 11.5 Å². The maximum atomic E-state index is 12.6. The van der Waals surface area contributed by atoms with Gasteiger partial charge in [-0.05, 0) is 25.0 Å². The van der Waals surface area contributed by atoms with E-state index in [9.17, 15) is 14.4 Å². The summed E-state index contributed by atoms with van der Waals surface area (Å²) < 4.78 is 16.9. The highest BCUT2D eigenvalue weighted by Crippen LogP contribution is 2.34. The minimum atomic E-state index is -0.650. The van der Waals surface area contributed by atoms with Crippen molar-refractivity contribution in [2.45, 2.75) is 25.5 Å². The molecule has 1 atom stereocenters. The monoisotopic (exact) mass is 359 g/mol. The summed E-state index contributed by atoms with van der Waals surface area (Å²) in [6.45, 7) is 0.863. The number of benzene rings is 1. The molecule has 1 aromatic heterocycles. The topological polar surface area (TPSA) is 112 Å². The van der Waals surface area contributed by atoms with E-state index in [1.54, 1.807) is 18.2 Å². The van der Waals surface area contributed by atoms with E-state index in [2.05, 4.69) is 10.3 Å². The number of carbonyl (C=O) groups excluding carboxylic acids is 1. The quantitative estimate of drug-likeness (QED) is 0.831. The van der Waals surface area contributed by atoms with Gasteiger partial charge in [0.2, 0.25) is 6.79 Å². The minimum absolute atomic E-state index is 0.124. The van der Waals surface area contributed by atoms with Crippen LogP contribution in [0.1, 0.15) is 23.2 Å². The summed E-state index contributed by atoms with van der Waals surface area (Å²) in [7, 11) is 0. The van der Waals surface area contributed by atoms with Crippen LogP contribution >= 0.6 is 0 Å². The molecule has 1 amide bonds. The number of ether oxygens (including phenoxy) is 3. The van der Waals surface area contributed by atoms with E-state index in [4.69, 9.17) is 14.2 Å². The van der Waals surface area contributed by atoms with Crippen LogP contribution in [0.4, 0.5) is 5.69 Å². The third-order valence-corrected chi connectivity index (χ3v) is 4.35. The SMILES string of the molecule is O=C(Nc1ccc2c(c1)OCO2)c1c[nH]c(=O)n(CC2CCCO2)c1=O. The van der Waals surface area contributed by atoms with Crippen molar-refractivity contribution in [3.8, 4) is 11.5 Å². The Morgan fingerprint density at radius 1 is 1.27 bits per heavy atom. The lowest BCUT2D eigenvalue weighted by molar-refractivity contribution is 0.0941. The van der Waals surface area contributed by atoms with E-state index in [0.29, 0.717) is 23.8 Å². The van der Waals surface area contributed by atoms with Gasteiger partial charge in [0.15, 0.2) is 11.5 Å². The number of amides is 1. The number of carbonyl (C=O) groups is 1. The van der Waals surface area contributed by atoms with Crippen LogP contribution in [0.2, 0.25) is 0 Å². The fourth-order valence-electron chi connectivity index (χ4n) is 3.00. The van der Waals surface area contributed by atoms with Gasteiger partial charge in [-0.15, -0.1) is 0 Å². The summed E-state index contributed by atoms with van der Waals surface area (Å²) in [5.41, 5.74) is -0.914. The number of nitrogens with one attached hydrogen (secondary N) is 2. The molecule has 0 bridgehead atoms. The van der Waals surface area contributed by atoms with E-state index in [1.807, 2.05) is 0 Å². The van der Waals surface area contributed by atoms with Gasteiger partial charge in [0.05, 0.1) is 12.6 Å². The van der Waals surface area contributed by atoms with E-state index in [0.717, 1.165) is 23.6 Å². The molecule has 0 aliphatic carbocycles. The smallest absolute Gasteiger partial charge is 0.328 e. The van der Waals surface area contributed by atoms with Crippen LogP contribution < -0.4 is 26.0 Å². The summed E-state index contributed by atoms with van der Waals surface area (Å²) in [5.74, 6) is 0.484. The first-order valence-electron chi connectivity index (χ1n) is 8.27. The van der Waals surface area contributed by atoms with Gasteiger partial charge < -0.3 is 24.5 Å². The second-order valence-electron chi connectivity index (χ2n) is 6.08. The third kappa shape index (κ3) is 3.08. The molecule has 1 fully saturated rings. The van der Waals surface area contributed by atoms with Gasteiger partial charge in [-0.3, -0.25) is 14.2 Å². The van der Waals surface area contributed by atoms with Gasteiger partial charge in [0.1, 0.15) is 5.56 Å². The maximum Gasteiger partial charge on any atom is 0.328 e. The lowest BCUT2D eigenvalue weighted by Gasteiger charge is -2.12. The molecule has 2 aliphatic heterocycles.